The Labute approximate surface area is 246 Å². The average molecular weight is 542 g/mol. The maximum Gasteiger partial charge on any atom is 0.169 e. The molecule has 210 valence electrons. The zero-order chi connectivity index (χ0) is 28.4. The first-order valence-electron chi connectivity index (χ1n) is 15.6. The highest BCUT2D eigenvalue weighted by atomic mass is 15.3. The Morgan fingerprint density at radius 1 is 0.488 bits per heavy atom. The normalized spacial score (nSPS) is 11.2. The molecule has 0 radical (unpaired) electrons. The van der Waals surface area contributed by atoms with Gasteiger partial charge in [0.05, 0.1) is 0 Å². The molecule has 3 heteroatoms. The summed E-state index contributed by atoms with van der Waals surface area (Å²) in [5.41, 5.74) is 10.4. The van der Waals surface area contributed by atoms with Crippen LogP contribution in [0.15, 0.2) is 97.1 Å². The number of unbranched alkanes of at least 4 members (excludes halogenated alkanes) is 3. The summed E-state index contributed by atoms with van der Waals surface area (Å²) in [6.45, 7) is 6.87. The van der Waals surface area contributed by atoms with Gasteiger partial charge in [-0.1, -0.05) is 125 Å². The van der Waals surface area contributed by atoms with E-state index in [1.807, 2.05) is 0 Å². The number of aryl methyl sites for hydroxylation is 1. The lowest BCUT2D eigenvalue weighted by molar-refractivity contribution is 0.735. The van der Waals surface area contributed by atoms with Gasteiger partial charge in [0.15, 0.2) is 11.6 Å². The minimum atomic E-state index is 0.873. The molecule has 0 bridgehead atoms. The number of rotatable bonds is 13. The van der Waals surface area contributed by atoms with Crippen LogP contribution in [-0.2, 0) is 19.3 Å². The number of hydrogen-bond acceptors (Lipinski definition) is 2. The van der Waals surface area contributed by atoms with Crippen molar-refractivity contribution in [1.82, 2.24) is 14.8 Å². The summed E-state index contributed by atoms with van der Waals surface area (Å²) in [7, 11) is 0. The maximum absolute atomic E-state index is 4.91. The van der Waals surface area contributed by atoms with Crippen molar-refractivity contribution >= 4 is 0 Å². The molecule has 5 aromatic rings. The van der Waals surface area contributed by atoms with E-state index < -0.39 is 0 Å². The summed E-state index contributed by atoms with van der Waals surface area (Å²) in [6, 6.07) is 34.5. The molecular weight excluding hydrogens is 498 g/mol. The van der Waals surface area contributed by atoms with E-state index in [-0.39, 0.29) is 0 Å². The van der Waals surface area contributed by atoms with Crippen molar-refractivity contribution in [3.8, 4) is 39.6 Å². The summed E-state index contributed by atoms with van der Waals surface area (Å²) in [5.74, 6) is 1.81. The molecule has 0 saturated heterocycles. The van der Waals surface area contributed by atoms with E-state index in [1.54, 1.807) is 5.56 Å². The Hall–Kier alpha value is -3.98. The van der Waals surface area contributed by atoms with E-state index in [1.165, 1.54) is 66.3 Å². The number of hydrogen-bond donors (Lipinski definition) is 0. The maximum atomic E-state index is 4.91. The average Bonchev–Trinajstić information content (AvgIpc) is 3.48. The molecule has 0 aliphatic rings. The molecule has 1 heterocycles. The van der Waals surface area contributed by atoms with Gasteiger partial charge < -0.3 is 0 Å². The van der Waals surface area contributed by atoms with Crippen LogP contribution in [0.2, 0.25) is 0 Å². The summed E-state index contributed by atoms with van der Waals surface area (Å²) in [6.07, 6.45) is 10.6. The standard InChI is InChI=1S/C38H43N3/c1-4-7-16-31-27-28-36(35(22-9-6-3)34(31)21-8-5-2)38-40-39-37(41(38)33-19-14-11-15-20-33)32-25-23-30(24-26-32)29-17-12-10-13-18-29/h10-15,17-20,23-28H,4-9,16,21-22H2,1-3H3. The minimum Gasteiger partial charge on any atom is -0.275 e. The minimum absolute atomic E-state index is 0.873. The van der Waals surface area contributed by atoms with Gasteiger partial charge in [-0.05, 0) is 78.5 Å². The predicted octanol–water partition coefficient (Wildman–Crippen LogP) is 10.3. The van der Waals surface area contributed by atoms with E-state index in [4.69, 9.17) is 10.2 Å². The molecular formula is C38H43N3. The largest absolute Gasteiger partial charge is 0.275 e. The molecule has 0 N–H and O–H groups in total. The van der Waals surface area contributed by atoms with Crippen LogP contribution in [0, 0.1) is 0 Å². The van der Waals surface area contributed by atoms with Gasteiger partial charge in [0.1, 0.15) is 0 Å². The Balaban J connectivity index is 1.66. The van der Waals surface area contributed by atoms with Crippen LogP contribution >= 0.6 is 0 Å². The van der Waals surface area contributed by atoms with E-state index >= 15 is 0 Å². The third-order valence-corrected chi connectivity index (χ3v) is 8.06. The first-order valence-corrected chi connectivity index (χ1v) is 15.6. The Morgan fingerprint density at radius 2 is 1.02 bits per heavy atom. The van der Waals surface area contributed by atoms with E-state index in [9.17, 15) is 0 Å². The van der Waals surface area contributed by atoms with E-state index in [0.29, 0.717) is 0 Å². The molecule has 0 spiro atoms. The monoisotopic (exact) mass is 541 g/mol. The predicted molar refractivity (Wildman–Crippen MR) is 174 cm³/mol. The molecule has 5 rings (SSSR count). The summed E-state index contributed by atoms with van der Waals surface area (Å²) >= 11 is 0. The molecule has 0 unspecified atom stereocenters. The van der Waals surface area contributed by atoms with Gasteiger partial charge >= 0.3 is 0 Å². The highest BCUT2D eigenvalue weighted by Crippen LogP contribution is 2.35. The zero-order valence-electron chi connectivity index (χ0n) is 24.9. The fourth-order valence-corrected chi connectivity index (χ4v) is 5.77. The van der Waals surface area contributed by atoms with Crippen molar-refractivity contribution in [3.05, 3.63) is 114 Å². The highest BCUT2D eigenvalue weighted by molar-refractivity contribution is 5.72. The van der Waals surface area contributed by atoms with Crippen LogP contribution in [0.1, 0.15) is 76.0 Å². The fraction of sp³-hybridized carbons (Fsp3) is 0.316. The van der Waals surface area contributed by atoms with Gasteiger partial charge in [0.25, 0.3) is 0 Å². The molecule has 3 nitrogen and oxygen atoms in total. The molecule has 0 aliphatic heterocycles. The van der Waals surface area contributed by atoms with Crippen molar-refractivity contribution in [3.63, 3.8) is 0 Å². The Morgan fingerprint density at radius 3 is 1.68 bits per heavy atom. The Bertz CT molecular complexity index is 1520. The van der Waals surface area contributed by atoms with Gasteiger partial charge in [0.2, 0.25) is 0 Å². The molecule has 0 fully saturated rings. The lowest BCUT2D eigenvalue weighted by atomic mass is 9.87. The summed E-state index contributed by atoms with van der Waals surface area (Å²) < 4.78 is 2.26. The molecule has 0 saturated carbocycles. The zero-order valence-corrected chi connectivity index (χ0v) is 24.9. The van der Waals surface area contributed by atoms with Gasteiger partial charge in [-0.2, -0.15) is 0 Å². The molecule has 41 heavy (non-hydrogen) atoms. The second kappa shape index (κ2) is 14.1. The first kappa shape index (κ1) is 28.5. The van der Waals surface area contributed by atoms with Gasteiger partial charge in [-0.25, -0.2) is 0 Å². The van der Waals surface area contributed by atoms with Crippen molar-refractivity contribution in [2.24, 2.45) is 0 Å². The topological polar surface area (TPSA) is 30.7 Å². The van der Waals surface area contributed by atoms with Crippen LogP contribution in [0.5, 0.6) is 0 Å². The van der Waals surface area contributed by atoms with Crippen LogP contribution in [0.3, 0.4) is 0 Å². The summed E-state index contributed by atoms with van der Waals surface area (Å²) in [4.78, 5) is 0. The SMILES string of the molecule is CCCCc1ccc(-c2nnc(-c3ccc(-c4ccccc4)cc3)n2-c2ccccc2)c(CCCC)c1CCCC. The lowest BCUT2D eigenvalue weighted by Crippen LogP contribution is -2.07. The quantitative estimate of drug-likeness (QED) is 0.148. The Kier molecular flexibility index (Phi) is 9.80. The van der Waals surface area contributed by atoms with Crippen LogP contribution in [0.25, 0.3) is 39.6 Å². The third kappa shape index (κ3) is 6.51. The molecule has 0 atom stereocenters. The number of nitrogens with zero attached hydrogens (tertiary/aromatic N) is 3. The second-order valence-corrected chi connectivity index (χ2v) is 11.0. The fourth-order valence-electron chi connectivity index (χ4n) is 5.77. The number of benzene rings is 4. The van der Waals surface area contributed by atoms with Crippen molar-refractivity contribution in [1.29, 1.82) is 0 Å². The van der Waals surface area contributed by atoms with Crippen LogP contribution in [0.4, 0.5) is 0 Å². The molecule has 4 aromatic carbocycles. The van der Waals surface area contributed by atoms with E-state index in [0.717, 1.165) is 42.2 Å². The first-order chi connectivity index (χ1) is 20.2. The number of para-hydroxylation sites is 1. The smallest absolute Gasteiger partial charge is 0.169 e. The summed E-state index contributed by atoms with van der Waals surface area (Å²) in [5, 5.41) is 9.75. The van der Waals surface area contributed by atoms with Crippen molar-refractivity contribution in [2.75, 3.05) is 0 Å². The van der Waals surface area contributed by atoms with Gasteiger partial charge in [-0.3, -0.25) is 4.57 Å². The molecule has 0 amide bonds. The lowest BCUT2D eigenvalue weighted by Gasteiger charge is -2.20. The highest BCUT2D eigenvalue weighted by Gasteiger charge is 2.22. The third-order valence-electron chi connectivity index (χ3n) is 8.06. The van der Waals surface area contributed by atoms with E-state index in [2.05, 4.69) is 122 Å². The van der Waals surface area contributed by atoms with Crippen molar-refractivity contribution < 1.29 is 0 Å². The van der Waals surface area contributed by atoms with Gasteiger partial charge in [0, 0.05) is 16.8 Å². The van der Waals surface area contributed by atoms with Crippen LogP contribution < -0.4 is 0 Å². The number of aromatic nitrogens is 3. The molecule has 1 aromatic heterocycles. The second-order valence-electron chi connectivity index (χ2n) is 11.0. The van der Waals surface area contributed by atoms with Crippen LogP contribution in [-0.4, -0.2) is 14.8 Å². The van der Waals surface area contributed by atoms with Gasteiger partial charge in [-0.15, -0.1) is 10.2 Å². The molecule has 0 aliphatic carbocycles. The van der Waals surface area contributed by atoms with Crippen molar-refractivity contribution in [2.45, 2.75) is 78.6 Å².